The molecule has 19 heavy (non-hydrogen) atoms. The fraction of sp³-hybridized carbons (Fsp3) is 0.385. The Morgan fingerprint density at radius 2 is 2.00 bits per heavy atom. The molecule has 1 aromatic rings. The third-order valence-electron chi connectivity index (χ3n) is 2.59. The summed E-state index contributed by atoms with van der Waals surface area (Å²) in [7, 11) is -3.72. The van der Waals surface area contributed by atoms with Crippen LogP contribution in [0.2, 0.25) is 5.02 Å². The van der Waals surface area contributed by atoms with E-state index in [1.54, 1.807) is 12.1 Å². The zero-order chi connectivity index (χ0) is 14.8. The first-order valence-electron chi connectivity index (χ1n) is 5.79. The maximum atomic E-state index is 12.7. The van der Waals surface area contributed by atoms with Gasteiger partial charge in [-0.2, -0.15) is 4.31 Å². The van der Waals surface area contributed by atoms with Gasteiger partial charge in [0, 0.05) is 17.1 Å². The molecule has 1 rings (SSSR count). The molecule has 0 saturated heterocycles. The van der Waals surface area contributed by atoms with Crippen LogP contribution in [0.15, 0.2) is 35.7 Å². The van der Waals surface area contributed by atoms with Crippen LogP contribution in [0, 0.1) is 0 Å². The van der Waals surface area contributed by atoms with Gasteiger partial charge in [-0.15, -0.1) is 6.58 Å². The molecule has 0 atom stereocenters. The number of anilines is 1. The molecule has 0 aliphatic carbocycles. The molecule has 2 N–H and O–H groups in total. The first-order chi connectivity index (χ1) is 8.60. The highest BCUT2D eigenvalue weighted by Gasteiger charge is 2.34. The largest absolute Gasteiger partial charge is 0.398 e. The Kier molecular flexibility index (Phi) is 4.66. The molecule has 0 amide bonds. The number of sulfonamides is 1. The predicted octanol–water partition coefficient (Wildman–Crippen LogP) is 2.90. The van der Waals surface area contributed by atoms with Crippen LogP contribution in [0.5, 0.6) is 0 Å². The van der Waals surface area contributed by atoms with Gasteiger partial charge >= 0.3 is 0 Å². The molecule has 0 heterocycles. The molecule has 0 aliphatic rings. The number of halogens is 1. The Morgan fingerprint density at radius 1 is 1.42 bits per heavy atom. The zero-order valence-electron chi connectivity index (χ0n) is 11.4. The van der Waals surface area contributed by atoms with Crippen LogP contribution in [0.3, 0.4) is 0 Å². The van der Waals surface area contributed by atoms with Gasteiger partial charge in [-0.25, -0.2) is 8.42 Å². The summed E-state index contributed by atoms with van der Waals surface area (Å²) < 4.78 is 26.7. The van der Waals surface area contributed by atoms with E-state index in [2.05, 4.69) is 6.58 Å². The fourth-order valence-corrected chi connectivity index (χ4v) is 3.84. The van der Waals surface area contributed by atoms with Gasteiger partial charge in [-0.05, 0) is 39.0 Å². The number of rotatable bonds is 4. The van der Waals surface area contributed by atoms with E-state index in [9.17, 15) is 8.42 Å². The van der Waals surface area contributed by atoms with Crippen LogP contribution >= 0.6 is 11.6 Å². The lowest BCUT2D eigenvalue weighted by Crippen LogP contribution is -2.45. The minimum absolute atomic E-state index is 0.0248. The quantitative estimate of drug-likeness (QED) is 0.687. The van der Waals surface area contributed by atoms with Crippen LogP contribution in [-0.2, 0) is 10.0 Å². The van der Waals surface area contributed by atoms with Crippen molar-refractivity contribution in [1.29, 1.82) is 0 Å². The maximum absolute atomic E-state index is 12.7. The summed E-state index contributed by atoms with van der Waals surface area (Å²) in [5.74, 6) is 0. The van der Waals surface area contributed by atoms with Gasteiger partial charge in [0.2, 0.25) is 10.0 Å². The molecular weight excluding hydrogens is 284 g/mol. The Morgan fingerprint density at radius 3 is 2.47 bits per heavy atom. The second-order valence-corrected chi connectivity index (χ2v) is 7.44. The molecule has 0 unspecified atom stereocenters. The molecule has 0 radical (unpaired) electrons. The summed E-state index contributed by atoms with van der Waals surface area (Å²) in [5, 5.41) is 0.334. The molecule has 0 fully saturated rings. The van der Waals surface area contributed by atoms with Crippen LogP contribution in [0.4, 0.5) is 5.69 Å². The minimum atomic E-state index is -3.72. The smallest absolute Gasteiger partial charge is 0.245 e. The standard InChI is InChI=1S/C13H19ClN2O2S/c1-5-8-16(13(2,3)4)19(17,18)12-9-10(14)6-7-11(12)15/h5-7,9H,1,8,15H2,2-4H3. The summed E-state index contributed by atoms with van der Waals surface area (Å²) in [4.78, 5) is 0.0248. The normalized spacial score (nSPS) is 12.7. The number of nitrogens with two attached hydrogens (primary N) is 1. The summed E-state index contributed by atoms with van der Waals surface area (Å²) in [6.45, 7) is 9.25. The summed E-state index contributed by atoms with van der Waals surface area (Å²) in [5.41, 5.74) is 5.36. The molecule has 0 aliphatic heterocycles. The lowest BCUT2D eigenvalue weighted by atomic mass is 10.1. The van der Waals surface area contributed by atoms with Gasteiger partial charge in [0.1, 0.15) is 4.90 Å². The number of hydrogen-bond donors (Lipinski definition) is 1. The second kappa shape index (κ2) is 5.53. The Hall–Kier alpha value is -1.04. The van der Waals surface area contributed by atoms with Gasteiger partial charge < -0.3 is 5.73 Å². The second-order valence-electron chi connectivity index (χ2n) is 5.18. The highest BCUT2D eigenvalue weighted by Crippen LogP contribution is 2.29. The summed E-state index contributed by atoms with van der Waals surface area (Å²) in [6.07, 6.45) is 1.55. The van der Waals surface area contributed by atoms with Crippen molar-refractivity contribution in [3.8, 4) is 0 Å². The molecule has 0 bridgehead atoms. The number of nitrogens with zero attached hydrogens (tertiary/aromatic N) is 1. The Balaban J connectivity index is 3.43. The maximum Gasteiger partial charge on any atom is 0.245 e. The van der Waals surface area contributed by atoms with E-state index in [-0.39, 0.29) is 17.1 Å². The summed E-state index contributed by atoms with van der Waals surface area (Å²) >= 11 is 5.86. The first kappa shape index (κ1) is 16.0. The highest BCUT2D eigenvalue weighted by molar-refractivity contribution is 7.89. The molecule has 1 aromatic carbocycles. The lowest BCUT2D eigenvalue weighted by Gasteiger charge is -2.33. The molecule has 106 valence electrons. The van der Waals surface area contributed by atoms with E-state index in [0.717, 1.165) is 0 Å². The predicted molar refractivity (Wildman–Crippen MR) is 79.7 cm³/mol. The Labute approximate surface area is 119 Å². The molecular formula is C13H19ClN2O2S. The fourth-order valence-electron chi connectivity index (χ4n) is 1.70. The SMILES string of the molecule is C=CCN(C(C)(C)C)S(=O)(=O)c1cc(Cl)ccc1N. The van der Waals surface area contributed by atoms with Crippen molar-refractivity contribution in [2.45, 2.75) is 31.2 Å². The van der Waals surface area contributed by atoms with E-state index in [4.69, 9.17) is 17.3 Å². The van der Waals surface area contributed by atoms with Gasteiger partial charge in [0.25, 0.3) is 0 Å². The van der Waals surface area contributed by atoms with E-state index >= 15 is 0 Å². The number of nitrogen functional groups attached to an aromatic ring is 1. The highest BCUT2D eigenvalue weighted by atomic mass is 35.5. The monoisotopic (exact) mass is 302 g/mol. The summed E-state index contributed by atoms with van der Waals surface area (Å²) in [6, 6.07) is 4.42. The molecule has 6 heteroatoms. The molecule has 0 spiro atoms. The van der Waals surface area contributed by atoms with Crippen molar-refractivity contribution in [2.75, 3.05) is 12.3 Å². The molecule has 4 nitrogen and oxygen atoms in total. The number of benzene rings is 1. The van der Waals surface area contributed by atoms with Gasteiger partial charge in [-0.3, -0.25) is 0 Å². The minimum Gasteiger partial charge on any atom is -0.398 e. The third kappa shape index (κ3) is 3.49. The van der Waals surface area contributed by atoms with E-state index in [1.807, 2.05) is 20.8 Å². The van der Waals surface area contributed by atoms with E-state index < -0.39 is 15.6 Å². The zero-order valence-corrected chi connectivity index (χ0v) is 12.9. The molecule has 0 saturated carbocycles. The van der Waals surface area contributed by atoms with Crippen LogP contribution in [0.25, 0.3) is 0 Å². The lowest BCUT2D eigenvalue weighted by molar-refractivity contribution is 0.270. The van der Waals surface area contributed by atoms with Crippen LogP contribution in [-0.4, -0.2) is 24.8 Å². The van der Waals surface area contributed by atoms with Gasteiger partial charge in [0.05, 0.1) is 5.69 Å². The van der Waals surface area contributed by atoms with Crippen molar-refractivity contribution in [1.82, 2.24) is 4.31 Å². The van der Waals surface area contributed by atoms with Crippen molar-refractivity contribution in [3.63, 3.8) is 0 Å². The average Bonchev–Trinajstić information content (AvgIpc) is 2.27. The van der Waals surface area contributed by atoms with Gasteiger partial charge in [0.15, 0.2) is 0 Å². The van der Waals surface area contributed by atoms with Gasteiger partial charge in [-0.1, -0.05) is 17.7 Å². The Bertz CT molecular complexity index is 577. The van der Waals surface area contributed by atoms with Crippen LogP contribution < -0.4 is 5.73 Å². The van der Waals surface area contributed by atoms with Crippen LogP contribution in [0.1, 0.15) is 20.8 Å². The van der Waals surface area contributed by atoms with Crippen molar-refractivity contribution < 1.29 is 8.42 Å². The number of hydrogen-bond acceptors (Lipinski definition) is 3. The van der Waals surface area contributed by atoms with Crippen molar-refractivity contribution in [3.05, 3.63) is 35.9 Å². The molecule has 0 aromatic heterocycles. The third-order valence-corrected chi connectivity index (χ3v) is 5.01. The van der Waals surface area contributed by atoms with Crippen molar-refractivity contribution in [2.24, 2.45) is 0 Å². The first-order valence-corrected chi connectivity index (χ1v) is 7.61. The van der Waals surface area contributed by atoms with E-state index in [1.165, 1.54) is 16.4 Å². The van der Waals surface area contributed by atoms with E-state index in [0.29, 0.717) is 5.02 Å². The van der Waals surface area contributed by atoms with Crippen molar-refractivity contribution >= 4 is 27.3 Å². The topological polar surface area (TPSA) is 63.4 Å². The average molecular weight is 303 g/mol.